The van der Waals surface area contributed by atoms with Crippen molar-refractivity contribution in [3.8, 4) is 0 Å². The maximum absolute atomic E-state index is 12.9. The van der Waals surface area contributed by atoms with Crippen LogP contribution in [-0.2, 0) is 28.6 Å². The third-order valence-corrected chi connectivity index (χ3v) is 12.5. The Kier molecular flexibility index (Phi) is 56.4. The minimum atomic E-state index is -0.815. The molecule has 6 heteroatoms. The Hall–Kier alpha value is -3.93. The van der Waals surface area contributed by atoms with Crippen molar-refractivity contribution >= 4 is 17.9 Å². The molecule has 0 radical (unpaired) electrons. The molecule has 0 heterocycles. The summed E-state index contributed by atoms with van der Waals surface area (Å²) >= 11 is 0. The van der Waals surface area contributed by atoms with E-state index in [9.17, 15) is 14.4 Å². The number of unbranched alkanes of at least 4 members (excludes halogenated alkanes) is 24. The minimum Gasteiger partial charge on any atom is -0.462 e. The van der Waals surface area contributed by atoms with Crippen LogP contribution in [0, 0.1) is 0 Å². The van der Waals surface area contributed by atoms with Crippen molar-refractivity contribution in [2.24, 2.45) is 0 Å². The van der Waals surface area contributed by atoms with E-state index < -0.39 is 6.10 Å². The second kappa shape index (κ2) is 59.6. The Bertz CT molecular complexity index is 1470. The predicted octanol–water partition coefficient (Wildman–Crippen LogP) is 20.3. The molecular formula is C66H110O6. The van der Waals surface area contributed by atoms with Crippen molar-refractivity contribution < 1.29 is 28.6 Å². The Morgan fingerprint density at radius 1 is 0.292 bits per heavy atom. The second-order valence-corrected chi connectivity index (χ2v) is 19.5. The van der Waals surface area contributed by atoms with Crippen LogP contribution < -0.4 is 0 Å². The van der Waals surface area contributed by atoms with E-state index in [2.05, 4.69) is 130 Å². The van der Waals surface area contributed by atoms with E-state index in [1.165, 1.54) is 122 Å². The fourth-order valence-corrected chi connectivity index (χ4v) is 8.05. The van der Waals surface area contributed by atoms with E-state index in [0.29, 0.717) is 19.3 Å². The molecule has 410 valence electrons. The molecule has 0 fully saturated rings. The maximum atomic E-state index is 12.9. The summed E-state index contributed by atoms with van der Waals surface area (Å²) in [7, 11) is 0. The average molecular weight is 1000 g/mol. The van der Waals surface area contributed by atoms with E-state index in [-0.39, 0.29) is 37.5 Å². The minimum absolute atomic E-state index is 0.112. The molecule has 0 saturated heterocycles. The summed E-state index contributed by atoms with van der Waals surface area (Å²) in [4.78, 5) is 38.2. The molecule has 6 nitrogen and oxygen atoms in total. The van der Waals surface area contributed by atoms with Crippen molar-refractivity contribution in [2.75, 3.05) is 13.2 Å². The van der Waals surface area contributed by atoms with Crippen LogP contribution >= 0.6 is 0 Å². The van der Waals surface area contributed by atoms with Gasteiger partial charge in [0.2, 0.25) is 0 Å². The van der Waals surface area contributed by atoms with Crippen molar-refractivity contribution in [3.05, 3.63) is 109 Å². The molecule has 1 atom stereocenters. The molecule has 0 N–H and O–H groups in total. The largest absolute Gasteiger partial charge is 0.462 e. The van der Waals surface area contributed by atoms with E-state index in [0.717, 1.165) is 103 Å². The predicted molar refractivity (Wildman–Crippen MR) is 311 cm³/mol. The summed E-state index contributed by atoms with van der Waals surface area (Å²) in [5, 5.41) is 0. The van der Waals surface area contributed by atoms with Crippen LogP contribution in [0.15, 0.2) is 109 Å². The highest BCUT2D eigenvalue weighted by Gasteiger charge is 2.19. The lowest BCUT2D eigenvalue weighted by Crippen LogP contribution is -2.30. The first kappa shape index (κ1) is 68.1. The molecule has 0 saturated carbocycles. The Morgan fingerprint density at radius 2 is 0.556 bits per heavy atom. The number of carbonyl (C=O) groups excluding carboxylic acids is 3. The van der Waals surface area contributed by atoms with Crippen molar-refractivity contribution in [1.29, 1.82) is 0 Å². The lowest BCUT2D eigenvalue weighted by atomic mass is 10.0. The van der Waals surface area contributed by atoms with Crippen LogP contribution in [0.25, 0.3) is 0 Å². The van der Waals surface area contributed by atoms with Gasteiger partial charge in [-0.15, -0.1) is 0 Å². The zero-order chi connectivity index (χ0) is 52.2. The number of ether oxygens (including phenoxy) is 3. The van der Waals surface area contributed by atoms with E-state index in [4.69, 9.17) is 14.2 Å². The van der Waals surface area contributed by atoms with Crippen LogP contribution in [0.4, 0.5) is 0 Å². The molecule has 0 aliphatic rings. The van der Waals surface area contributed by atoms with Crippen molar-refractivity contribution in [2.45, 2.75) is 277 Å². The van der Waals surface area contributed by atoms with Crippen LogP contribution in [0.3, 0.4) is 0 Å². The number of hydrogen-bond acceptors (Lipinski definition) is 6. The molecule has 0 aliphatic heterocycles. The topological polar surface area (TPSA) is 78.9 Å². The third kappa shape index (κ3) is 57.0. The highest BCUT2D eigenvalue weighted by atomic mass is 16.6. The van der Waals surface area contributed by atoms with Crippen molar-refractivity contribution in [1.82, 2.24) is 0 Å². The number of allylic oxidation sites excluding steroid dienone is 18. The van der Waals surface area contributed by atoms with Crippen LogP contribution in [-0.4, -0.2) is 37.2 Å². The molecule has 0 aliphatic carbocycles. The lowest BCUT2D eigenvalue weighted by molar-refractivity contribution is -0.167. The van der Waals surface area contributed by atoms with Gasteiger partial charge in [-0.3, -0.25) is 14.4 Å². The number of esters is 3. The first-order chi connectivity index (χ1) is 35.5. The first-order valence-electron chi connectivity index (χ1n) is 29.9. The SMILES string of the molecule is CC/C=C/C/C=C/C/C=C/C/C=C/C/C=C/CCCCCC(=O)OC[C@@H](COC(=O)CCC/C=C/C/C=C/C/C=C/C/C=C/CCCCC)OC(=O)CCCCCCCCCCCCCCCCCCCC. The molecule has 0 amide bonds. The highest BCUT2D eigenvalue weighted by Crippen LogP contribution is 2.16. The molecular weight excluding hydrogens is 889 g/mol. The Labute approximate surface area is 444 Å². The summed E-state index contributed by atoms with van der Waals surface area (Å²) < 4.78 is 16.8. The molecule has 0 unspecified atom stereocenters. The van der Waals surface area contributed by atoms with Gasteiger partial charge >= 0.3 is 17.9 Å². The summed E-state index contributed by atoms with van der Waals surface area (Å²) in [5.41, 5.74) is 0. The third-order valence-electron chi connectivity index (χ3n) is 12.5. The normalized spacial score (nSPS) is 12.9. The molecule has 0 spiro atoms. The molecule has 0 aromatic heterocycles. The number of hydrogen-bond donors (Lipinski definition) is 0. The fourth-order valence-electron chi connectivity index (χ4n) is 8.05. The van der Waals surface area contributed by atoms with Gasteiger partial charge in [0, 0.05) is 19.3 Å². The lowest BCUT2D eigenvalue weighted by Gasteiger charge is -2.18. The molecule has 0 bridgehead atoms. The summed E-state index contributed by atoms with van der Waals surface area (Å²) in [6.45, 7) is 6.44. The second-order valence-electron chi connectivity index (χ2n) is 19.5. The molecule has 0 rings (SSSR count). The maximum Gasteiger partial charge on any atom is 0.306 e. The average Bonchev–Trinajstić information content (AvgIpc) is 3.38. The van der Waals surface area contributed by atoms with Gasteiger partial charge in [0.15, 0.2) is 6.10 Å². The first-order valence-corrected chi connectivity index (χ1v) is 29.9. The summed E-state index contributed by atoms with van der Waals surface area (Å²) in [5.74, 6) is -0.992. The van der Waals surface area contributed by atoms with Gasteiger partial charge in [-0.2, -0.15) is 0 Å². The number of rotatable bonds is 53. The fraction of sp³-hybridized carbons (Fsp3) is 0.682. The standard InChI is InChI=1S/C66H110O6/c1-4-7-10-13-16-19-22-25-28-31-33-36-38-41-44-47-50-53-56-59-65(68)71-62-63(61-70-64(67)58-55-52-49-46-43-40-37-34-30-27-24-21-18-15-12-9-6-3)72-66(69)60-57-54-51-48-45-42-39-35-32-29-26-23-20-17-14-11-8-5-2/h7,10,16,18-19,21,25,27-28,30,33,36-37,40-41,44,46,49,63H,4-6,8-9,11-15,17,20,22-24,26,29,31-32,34-35,38-39,42-43,45,47-48,50-62H2,1-3H3/b10-7+,19-16+,21-18+,28-25+,30-27+,36-33+,40-37+,44-41+,49-46+/t63-/m1/s1. The molecule has 0 aromatic carbocycles. The van der Waals surface area contributed by atoms with E-state index >= 15 is 0 Å². The zero-order valence-electron chi connectivity index (χ0n) is 46.9. The monoisotopic (exact) mass is 999 g/mol. The molecule has 0 aromatic rings. The highest BCUT2D eigenvalue weighted by molar-refractivity contribution is 5.71. The van der Waals surface area contributed by atoms with Crippen LogP contribution in [0.1, 0.15) is 271 Å². The Morgan fingerprint density at radius 3 is 0.931 bits per heavy atom. The van der Waals surface area contributed by atoms with Gasteiger partial charge in [0.05, 0.1) is 0 Å². The Balaban J connectivity index is 4.52. The van der Waals surface area contributed by atoms with E-state index in [1.54, 1.807) is 0 Å². The summed E-state index contributed by atoms with van der Waals surface area (Å²) in [6, 6.07) is 0. The number of carbonyl (C=O) groups is 3. The van der Waals surface area contributed by atoms with Crippen LogP contribution in [0.5, 0.6) is 0 Å². The van der Waals surface area contributed by atoms with Gasteiger partial charge in [0.1, 0.15) is 13.2 Å². The van der Waals surface area contributed by atoms with Crippen molar-refractivity contribution in [3.63, 3.8) is 0 Å². The van der Waals surface area contributed by atoms with Gasteiger partial charge in [-0.1, -0.05) is 259 Å². The van der Waals surface area contributed by atoms with Crippen LogP contribution in [0.2, 0.25) is 0 Å². The zero-order valence-corrected chi connectivity index (χ0v) is 46.9. The van der Waals surface area contributed by atoms with E-state index in [1.807, 2.05) is 0 Å². The van der Waals surface area contributed by atoms with Gasteiger partial charge in [-0.05, 0) is 103 Å². The van der Waals surface area contributed by atoms with Gasteiger partial charge < -0.3 is 14.2 Å². The quantitative estimate of drug-likeness (QED) is 0.0261. The van der Waals surface area contributed by atoms with Gasteiger partial charge in [-0.25, -0.2) is 0 Å². The molecule has 72 heavy (non-hydrogen) atoms. The van der Waals surface area contributed by atoms with Gasteiger partial charge in [0.25, 0.3) is 0 Å². The summed E-state index contributed by atoms with van der Waals surface area (Å²) in [6.07, 6.45) is 80.9. The smallest absolute Gasteiger partial charge is 0.306 e.